The Kier molecular flexibility index (Phi) is 2.76. The van der Waals surface area contributed by atoms with Crippen LogP contribution in [-0.4, -0.2) is 11.9 Å². The molecule has 70 valence electrons. The molecule has 1 amide bonds. The highest BCUT2D eigenvalue weighted by Crippen LogP contribution is 2.22. The molecule has 0 aromatic rings. The molecule has 1 saturated carbocycles. The van der Waals surface area contributed by atoms with Crippen molar-refractivity contribution in [1.29, 1.82) is 0 Å². The lowest BCUT2D eigenvalue weighted by atomic mass is 9.90. The molecule has 0 aliphatic heterocycles. The van der Waals surface area contributed by atoms with Gasteiger partial charge in [0.25, 0.3) is 0 Å². The van der Waals surface area contributed by atoms with Gasteiger partial charge in [0.1, 0.15) is 0 Å². The molecule has 2 nitrogen and oxygen atoms in total. The molecule has 0 aromatic heterocycles. The van der Waals surface area contributed by atoms with Crippen molar-refractivity contribution in [2.75, 3.05) is 0 Å². The molecule has 0 unspecified atom stereocenters. The summed E-state index contributed by atoms with van der Waals surface area (Å²) in [5.41, 5.74) is 0.279. The normalized spacial score (nSPS) is 17.6. The van der Waals surface area contributed by atoms with E-state index in [4.69, 9.17) is 0 Å². The molecule has 1 aliphatic carbocycles. The van der Waals surface area contributed by atoms with Gasteiger partial charge < -0.3 is 5.32 Å². The van der Waals surface area contributed by atoms with Crippen LogP contribution in [0.4, 0.5) is 0 Å². The first kappa shape index (κ1) is 9.56. The van der Waals surface area contributed by atoms with Gasteiger partial charge in [0.15, 0.2) is 0 Å². The average Bonchev–Trinajstić information content (AvgIpc) is 2.66. The Morgan fingerprint density at radius 2 is 2.00 bits per heavy atom. The molecule has 2 heteroatoms. The standard InChI is InChI=1S/C10H19NO/c1-10(2,3)7-6-9(12)11-8-4-5-8/h8H,4-7H2,1-3H3,(H,11,12). The topological polar surface area (TPSA) is 29.1 Å². The fourth-order valence-electron chi connectivity index (χ4n) is 1.02. The SMILES string of the molecule is CC(C)(C)CCC(=O)NC1CC1. The van der Waals surface area contributed by atoms with Crippen LogP contribution in [0, 0.1) is 5.41 Å². The van der Waals surface area contributed by atoms with E-state index in [0.717, 1.165) is 6.42 Å². The summed E-state index contributed by atoms with van der Waals surface area (Å²) in [5, 5.41) is 2.99. The zero-order chi connectivity index (χ0) is 9.19. The summed E-state index contributed by atoms with van der Waals surface area (Å²) in [6.07, 6.45) is 4.02. The van der Waals surface area contributed by atoms with Crippen molar-refractivity contribution >= 4 is 5.91 Å². The van der Waals surface area contributed by atoms with E-state index in [-0.39, 0.29) is 11.3 Å². The van der Waals surface area contributed by atoms with Crippen LogP contribution < -0.4 is 5.32 Å². The minimum Gasteiger partial charge on any atom is -0.353 e. The van der Waals surface area contributed by atoms with Crippen molar-refractivity contribution in [3.8, 4) is 0 Å². The van der Waals surface area contributed by atoms with Gasteiger partial charge in [-0.3, -0.25) is 4.79 Å². The number of hydrogen-bond acceptors (Lipinski definition) is 1. The Balaban J connectivity index is 2.09. The van der Waals surface area contributed by atoms with E-state index in [1.807, 2.05) is 0 Å². The maximum atomic E-state index is 11.2. The molecule has 12 heavy (non-hydrogen) atoms. The highest BCUT2D eigenvalue weighted by Gasteiger charge is 2.23. The molecule has 1 rings (SSSR count). The maximum absolute atomic E-state index is 11.2. The lowest BCUT2D eigenvalue weighted by molar-refractivity contribution is -0.121. The monoisotopic (exact) mass is 169 g/mol. The summed E-state index contributed by atoms with van der Waals surface area (Å²) >= 11 is 0. The summed E-state index contributed by atoms with van der Waals surface area (Å²) < 4.78 is 0. The van der Waals surface area contributed by atoms with Crippen LogP contribution >= 0.6 is 0 Å². The number of hydrogen-bond donors (Lipinski definition) is 1. The van der Waals surface area contributed by atoms with Gasteiger partial charge in [0.05, 0.1) is 0 Å². The number of carbonyl (C=O) groups is 1. The molecule has 1 N–H and O–H groups in total. The van der Waals surface area contributed by atoms with Crippen LogP contribution in [0.2, 0.25) is 0 Å². The van der Waals surface area contributed by atoms with E-state index in [0.29, 0.717) is 12.5 Å². The summed E-state index contributed by atoms with van der Waals surface area (Å²) in [6, 6.07) is 0.512. The van der Waals surface area contributed by atoms with Crippen LogP contribution in [0.15, 0.2) is 0 Å². The largest absolute Gasteiger partial charge is 0.353 e. The molecule has 0 heterocycles. The number of nitrogens with one attached hydrogen (secondary N) is 1. The van der Waals surface area contributed by atoms with Gasteiger partial charge in [0, 0.05) is 12.5 Å². The number of carbonyl (C=O) groups excluding carboxylic acids is 1. The van der Waals surface area contributed by atoms with Gasteiger partial charge in [-0.05, 0) is 24.7 Å². The molecule has 0 saturated heterocycles. The van der Waals surface area contributed by atoms with E-state index < -0.39 is 0 Å². The van der Waals surface area contributed by atoms with Gasteiger partial charge in [-0.15, -0.1) is 0 Å². The van der Waals surface area contributed by atoms with E-state index >= 15 is 0 Å². The second kappa shape index (κ2) is 3.46. The van der Waals surface area contributed by atoms with Gasteiger partial charge in [-0.25, -0.2) is 0 Å². The fourth-order valence-corrected chi connectivity index (χ4v) is 1.02. The minimum atomic E-state index is 0.229. The van der Waals surface area contributed by atoms with Crippen LogP contribution in [-0.2, 0) is 4.79 Å². The highest BCUT2D eigenvalue weighted by atomic mass is 16.1. The van der Waals surface area contributed by atoms with E-state index in [1.54, 1.807) is 0 Å². The van der Waals surface area contributed by atoms with Crippen molar-refractivity contribution in [2.24, 2.45) is 5.41 Å². The Bertz CT molecular complexity index is 165. The average molecular weight is 169 g/mol. The fraction of sp³-hybridized carbons (Fsp3) is 0.900. The second-order valence-corrected chi connectivity index (χ2v) is 4.90. The molecular weight excluding hydrogens is 150 g/mol. The smallest absolute Gasteiger partial charge is 0.220 e. The van der Waals surface area contributed by atoms with E-state index in [9.17, 15) is 4.79 Å². The summed E-state index contributed by atoms with van der Waals surface area (Å²) in [6.45, 7) is 6.49. The summed E-state index contributed by atoms with van der Waals surface area (Å²) in [4.78, 5) is 11.2. The maximum Gasteiger partial charge on any atom is 0.220 e. The number of rotatable bonds is 3. The van der Waals surface area contributed by atoms with Crippen LogP contribution in [0.1, 0.15) is 46.5 Å². The van der Waals surface area contributed by atoms with E-state index in [2.05, 4.69) is 26.1 Å². The zero-order valence-corrected chi connectivity index (χ0v) is 8.31. The summed E-state index contributed by atoms with van der Waals surface area (Å²) in [7, 11) is 0. The van der Waals surface area contributed by atoms with E-state index in [1.165, 1.54) is 12.8 Å². The van der Waals surface area contributed by atoms with Crippen molar-refractivity contribution < 1.29 is 4.79 Å². The predicted molar refractivity (Wildman–Crippen MR) is 49.9 cm³/mol. The molecule has 1 aliphatic rings. The van der Waals surface area contributed by atoms with Crippen molar-refractivity contribution in [3.63, 3.8) is 0 Å². The Labute approximate surface area is 74.7 Å². The molecular formula is C10H19NO. The van der Waals surface area contributed by atoms with Crippen LogP contribution in [0.3, 0.4) is 0 Å². The zero-order valence-electron chi connectivity index (χ0n) is 8.31. The predicted octanol–water partition coefficient (Wildman–Crippen LogP) is 2.09. The molecule has 0 bridgehead atoms. The van der Waals surface area contributed by atoms with Crippen LogP contribution in [0.25, 0.3) is 0 Å². The van der Waals surface area contributed by atoms with Crippen LogP contribution in [0.5, 0.6) is 0 Å². The first-order valence-corrected chi connectivity index (χ1v) is 4.77. The third kappa shape index (κ3) is 4.37. The molecule has 1 fully saturated rings. The lowest BCUT2D eigenvalue weighted by Crippen LogP contribution is -2.26. The lowest BCUT2D eigenvalue weighted by Gasteiger charge is -2.17. The Hall–Kier alpha value is -0.530. The van der Waals surface area contributed by atoms with Gasteiger partial charge in [-0.2, -0.15) is 0 Å². The molecule has 0 spiro atoms. The number of amides is 1. The Morgan fingerprint density at radius 3 is 2.42 bits per heavy atom. The second-order valence-electron chi connectivity index (χ2n) is 4.90. The quantitative estimate of drug-likeness (QED) is 0.688. The highest BCUT2D eigenvalue weighted by molar-refractivity contribution is 5.76. The van der Waals surface area contributed by atoms with Gasteiger partial charge >= 0.3 is 0 Å². The van der Waals surface area contributed by atoms with Crippen molar-refractivity contribution in [1.82, 2.24) is 5.32 Å². The first-order chi connectivity index (χ1) is 5.47. The minimum absolute atomic E-state index is 0.229. The van der Waals surface area contributed by atoms with Gasteiger partial charge in [-0.1, -0.05) is 20.8 Å². The Morgan fingerprint density at radius 1 is 1.42 bits per heavy atom. The van der Waals surface area contributed by atoms with Crippen molar-refractivity contribution in [2.45, 2.75) is 52.5 Å². The van der Waals surface area contributed by atoms with Crippen molar-refractivity contribution in [3.05, 3.63) is 0 Å². The first-order valence-electron chi connectivity index (χ1n) is 4.77. The third-order valence-corrected chi connectivity index (χ3v) is 2.04. The summed E-state index contributed by atoms with van der Waals surface area (Å²) in [5.74, 6) is 0.229. The molecule has 0 aromatic carbocycles. The third-order valence-electron chi connectivity index (χ3n) is 2.04. The van der Waals surface area contributed by atoms with Gasteiger partial charge in [0.2, 0.25) is 5.91 Å². The molecule has 0 atom stereocenters. The molecule has 0 radical (unpaired) electrons.